The van der Waals surface area contributed by atoms with Crippen molar-refractivity contribution in [3.63, 3.8) is 0 Å². The summed E-state index contributed by atoms with van der Waals surface area (Å²) in [5, 5.41) is 0. The summed E-state index contributed by atoms with van der Waals surface area (Å²) in [7, 11) is 0. The van der Waals surface area contributed by atoms with Gasteiger partial charge in [-0.3, -0.25) is 4.79 Å². The smallest absolute Gasteiger partial charge is 0.254 e. The molecule has 0 heterocycles. The molecule has 0 spiro atoms. The predicted octanol–water partition coefficient (Wildman–Crippen LogP) is 3.36. The van der Waals surface area contributed by atoms with Gasteiger partial charge < -0.3 is 10.6 Å². The molecule has 1 aromatic carbocycles. The molecule has 0 aliphatic carbocycles. The quantitative estimate of drug-likeness (QED) is 0.619. The molecular weight excluding hydrogens is 268 g/mol. The van der Waals surface area contributed by atoms with Crippen LogP contribution in [0.15, 0.2) is 24.3 Å². The molecule has 20 heavy (non-hydrogen) atoms. The molecule has 4 heteroatoms. The molecular formula is C16H24N2OS. The number of amides is 1. The van der Waals surface area contributed by atoms with Gasteiger partial charge in [-0.05, 0) is 32.4 Å². The average molecular weight is 292 g/mol. The summed E-state index contributed by atoms with van der Waals surface area (Å²) in [6.45, 7) is 7.04. The maximum atomic E-state index is 12.6. The molecule has 0 radical (unpaired) electrons. The average Bonchev–Trinajstić information content (AvgIpc) is 2.42. The Kier molecular flexibility index (Phi) is 6.65. The van der Waals surface area contributed by atoms with Gasteiger partial charge in [0.25, 0.3) is 5.91 Å². The second kappa shape index (κ2) is 8.00. The highest BCUT2D eigenvalue weighted by atomic mass is 32.1. The lowest BCUT2D eigenvalue weighted by Gasteiger charge is -2.27. The second-order valence-corrected chi connectivity index (χ2v) is 5.68. The summed E-state index contributed by atoms with van der Waals surface area (Å²) in [5.74, 6) is 0.0502. The second-order valence-electron chi connectivity index (χ2n) is 5.24. The third-order valence-corrected chi connectivity index (χ3v) is 3.52. The minimum absolute atomic E-state index is 0.0502. The van der Waals surface area contributed by atoms with Gasteiger partial charge in [0.1, 0.15) is 4.99 Å². The Bertz CT molecular complexity index is 471. The van der Waals surface area contributed by atoms with Crippen LogP contribution in [0.2, 0.25) is 0 Å². The summed E-state index contributed by atoms with van der Waals surface area (Å²) in [5.41, 5.74) is 7.02. The molecule has 1 amide bonds. The number of carbonyl (C=O) groups is 1. The van der Waals surface area contributed by atoms with E-state index in [1.165, 1.54) is 0 Å². The Balaban J connectivity index is 2.88. The molecule has 0 unspecified atom stereocenters. The number of hydrogen-bond donors (Lipinski definition) is 1. The van der Waals surface area contributed by atoms with E-state index in [1.807, 2.05) is 36.9 Å². The molecule has 3 nitrogen and oxygen atoms in total. The Morgan fingerprint density at radius 3 is 2.50 bits per heavy atom. The molecule has 1 rings (SSSR count). The van der Waals surface area contributed by atoms with E-state index in [-0.39, 0.29) is 11.9 Å². The molecule has 0 aliphatic heterocycles. The topological polar surface area (TPSA) is 46.3 Å². The molecule has 110 valence electrons. The highest BCUT2D eigenvalue weighted by Crippen LogP contribution is 2.12. The first-order valence-corrected chi connectivity index (χ1v) is 7.59. The van der Waals surface area contributed by atoms with Crippen LogP contribution in [0.25, 0.3) is 0 Å². The van der Waals surface area contributed by atoms with Gasteiger partial charge in [0, 0.05) is 23.7 Å². The highest BCUT2D eigenvalue weighted by molar-refractivity contribution is 7.80. The number of benzene rings is 1. The van der Waals surface area contributed by atoms with Gasteiger partial charge in [-0.25, -0.2) is 0 Å². The Hall–Kier alpha value is -1.42. The van der Waals surface area contributed by atoms with Crippen LogP contribution in [0.1, 0.15) is 56.0 Å². The molecule has 0 atom stereocenters. The van der Waals surface area contributed by atoms with E-state index in [2.05, 4.69) is 6.92 Å². The van der Waals surface area contributed by atoms with Gasteiger partial charge in [-0.15, -0.1) is 0 Å². The van der Waals surface area contributed by atoms with Gasteiger partial charge in [-0.2, -0.15) is 0 Å². The van der Waals surface area contributed by atoms with Crippen LogP contribution in [0.3, 0.4) is 0 Å². The SMILES string of the molecule is CCCCCN(C(=O)c1cccc(C(N)=S)c1)C(C)C. The number of carbonyl (C=O) groups excluding carboxylic acids is 1. The van der Waals surface area contributed by atoms with Crippen LogP contribution < -0.4 is 5.73 Å². The van der Waals surface area contributed by atoms with E-state index in [1.54, 1.807) is 6.07 Å². The van der Waals surface area contributed by atoms with Crippen LogP contribution in [-0.2, 0) is 0 Å². The van der Waals surface area contributed by atoms with Crippen molar-refractivity contribution in [1.29, 1.82) is 0 Å². The number of nitrogens with two attached hydrogens (primary N) is 1. The third-order valence-electron chi connectivity index (χ3n) is 3.28. The summed E-state index contributed by atoms with van der Waals surface area (Å²) in [4.78, 5) is 14.8. The lowest BCUT2D eigenvalue weighted by molar-refractivity contribution is 0.0702. The molecule has 2 N–H and O–H groups in total. The molecule has 0 fully saturated rings. The summed E-state index contributed by atoms with van der Waals surface area (Å²) in [6, 6.07) is 7.44. The fourth-order valence-electron chi connectivity index (χ4n) is 2.10. The molecule has 0 aromatic heterocycles. The van der Waals surface area contributed by atoms with Gasteiger partial charge in [0.15, 0.2) is 0 Å². The minimum atomic E-state index is 0.0502. The molecule has 0 saturated heterocycles. The fraction of sp³-hybridized carbons (Fsp3) is 0.500. The van der Waals surface area contributed by atoms with Crippen molar-refractivity contribution in [2.45, 2.75) is 46.1 Å². The lowest BCUT2D eigenvalue weighted by atomic mass is 10.1. The lowest BCUT2D eigenvalue weighted by Crippen LogP contribution is -2.37. The van der Waals surface area contributed by atoms with E-state index in [4.69, 9.17) is 18.0 Å². The van der Waals surface area contributed by atoms with E-state index < -0.39 is 0 Å². The van der Waals surface area contributed by atoms with Gasteiger partial charge in [-0.1, -0.05) is 44.1 Å². The summed E-state index contributed by atoms with van der Waals surface area (Å²) in [6.07, 6.45) is 3.33. The Labute approximate surface area is 127 Å². The first kappa shape index (κ1) is 16.6. The van der Waals surface area contributed by atoms with E-state index >= 15 is 0 Å². The summed E-state index contributed by atoms with van der Waals surface area (Å²) >= 11 is 4.96. The van der Waals surface area contributed by atoms with Crippen molar-refractivity contribution in [3.05, 3.63) is 35.4 Å². The standard InChI is InChI=1S/C16H24N2OS/c1-4-5-6-10-18(12(2)3)16(19)14-9-7-8-13(11-14)15(17)20/h7-9,11-12H,4-6,10H2,1-3H3,(H2,17,20). The Morgan fingerprint density at radius 1 is 1.30 bits per heavy atom. The largest absolute Gasteiger partial charge is 0.389 e. The zero-order valence-electron chi connectivity index (χ0n) is 12.6. The Morgan fingerprint density at radius 2 is 1.95 bits per heavy atom. The van der Waals surface area contributed by atoms with Crippen LogP contribution in [0, 0.1) is 0 Å². The minimum Gasteiger partial charge on any atom is -0.389 e. The van der Waals surface area contributed by atoms with E-state index in [9.17, 15) is 4.79 Å². The maximum absolute atomic E-state index is 12.6. The van der Waals surface area contributed by atoms with E-state index in [0.717, 1.165) is 31.4 Å². The van der Waals surface area contributed by atoms with Crippen molar-refractivity contribution < 1.29 is 4.79 Å². The molecule has 1 aromatic rings. The van der Waals surface area contributed by atoms with Crippen LogP contribution >= 0.6 is 12.2 Å². The maximum Gasteiger partial charge on any atom is 0.254 e. The zero-order chi connectivity index (χ0) is 15.1. The number of thiocarbonyl (C=S) groups is 1. The van der Waals surface area contributed by atoms with Crippen LogP contribution in [0.4, 0.5) is 0 Å². The van der Waals surface area contributed by atoms with Crippen LogP contribution in [-0.4, -0.2) is 28.4 Å². The number of nitrogens with zero attached hydrogens (tertiary/aromatic N) is 1. The summed E-state index contributed by atoms with van der Waals surface area (Å²) < 4.78 is 0. The van der Waals surface area contributed by atoms with Gasteiger partial charge >= 0.3 is 0 Å². The highest BCUT2D eigenvalue weighted by Gasteiger charge is 2.18. The van der Waals surface area contributed by atoms with Crippen molar-refractivity contribution in [2.75, 3.05) is 6.54 Å². The number of rotatable bonds is 7. The number of unbranched alkanes of at least 4 members (excludes halogenated alkanes) is 2. The van der Waals surface area contributed by atoms with Gasteiger partial charge in [0.05, 0.1) is 0 Å². The third kappa shape index (κ3) is 4.60. The fourth-order valence-corrected chi connectivity index (χ4v) is 2.22. The predicted molar refractivity (Wildman–Crippen MR) is 88.0 cm³/mol. The van der Waals surface area contributed by atoms with Crippen molar-refractivity contribution in [3.8, 4) is 0 Å². The zero-order valence-corrected chi connectivity index (χ0v) is 13.4. The van der Waals surface area contributed by atoms with Crippen molar-refractivity contribution >= 4 is 23.1 Å². The molecule has 0 aliphatic rings. The van der Waals surface area contributed by atoms with Crippen LogP contribution in [0.5, 0.6) is 0 Å². The van der Waals surface area contributed by atoms with Crippen molar-refractivity contribution in [2.24, 2.45) is 5.73 Å². The number of hydrogen-bond acceptors (Lipinski definition) is 2. The monoisotopic (exact) mass is 292 g/mol. The van der Waals surface area contributed by atoms with Crippen molar-refractivity contribution in [1.82, 2.24) is 4.90 Å². The normalized spacial score (nSPS) is 10.6. The molecule has 0 saturated carbocycles. The van der Waals surface area contributed by atoms with E-state index in [0.29, 0.717) is 10.6 Å². The molecule has 0 bridgehead atoms. The first-order valence-electron chi connectivity index (χ1n) is 7.18. The van der Waals surface area contributed by atoms with Gasteiger partial charge in [0.2, 0.25) is 0 Å². The first-order chi connectivity index (χ1) is 9.47.